The fraction of sp³-hybridized carbons (Fsp3) is 0.233. The molecule has 6 heteroatoms. The Bertz CT molecular complexity index is 1360. The number of aromatic nitrogens is 2. The van der Waals surface area contributed by atoms with Gasteiger partial charge in [-0.05, 0) is 37.0 Å². The van der Waals surface area contributed by atoms with Crippen LogP contribution in [0.15, 0.2) is 101 Å². The van der Waals surface area contributed by atoms with Gasteiger partial charge in [0, 0.05) is 24.7 Å². The van der Waals surface area contributed by atoms with Crippen LogP contribution < -0.4 is 10.9 Å². The number of carbonyl (C=O) groups is 1. The number of hydrogen-bond donors (Lipinski definition) is 1. The molecule has 0 spiro atoms. The Kier molecular flexibility index (Phi) is 8.39. The van der Waals surface area contributed by atoms with E-state index in [9.17, 15) is 9.59 Å². The summed E-state index contributed by atoms with van der Waals surface area (Å²) >= 11 is 1.30. The quantitative estimate of drug-likeness (QED) is 0.253. The Morgan fingerprint density at radius 1 is 0.917 bits per heavy atom. The van der Waals surface area contributed by atoms with Crippen LogP contribution in [-0.2, 0) is 24.7 Å². The zero-order valence-electron chi connectivity index (χ0n) is 20.8. The van der Waals surface area contributed by atoms with Gasteiger partial charge < -0.3 is 5.32 Å². The second-order valence-corrected chi connectivity index (χ2v) is 10.2. The smallest absolute Gasteiger partial charge is 0.257 e. The van der Waals surface area contributed by atoms with Gasteiger partial charge in [-0.2, -0.15) is 0 Å². The highest BCUT2D eigenvalue weighted by Gasteiger charge is 2.23. The van der Waals surface area contributed by atoms with Gasteiger partial charge in [0.15, 0.2) is 5.16 Å². The summed E-state index contributed by atoms with van der Waals surface area (Å²) in [5.74, 6) is -0.0925. The molecule has 184 valence electrons. The number of thioether (sulfide) groups is 1. The molecule has 0 aliphatic heterocycles. The van der Waals surface area contributed by atoms with E-state index >= 15 is 0 Å². The molecule has 0 saturated carbocycles. The first-order valence-electron chi connectivity index (χ1n) is 12.1. The van der Waals surface area contributed by atoms with Gasteiger partial charge in [-0.15, -0.1) is 0 Å². The Morgan fingerprint density at radius 2 is 1.47 bits per heavy atom. The SMILES string of the molecule is Cc1nc(SC(C)C(=O)NC(Cc2ccccc2)c2ccccc2)n(C)c(=O)c1Cc1ccccc1. The van der Waals surface area contributed by atoms with E-state index < -0.39 is 5.25 Å². The van der Waals surface area contributed by atoms with Crippen LogP contribution in [0.1, 0.15) is 40.9 Å². The van der Waals surface area contributed by atoms with E-state index in [2.05, 4.69) is 17.4 Å². The van der Waals surface area contributed by atoms with Crippen LogP contribution in [0.5, 0.6) is 0 Å². The molecule has 5 nitrogen and oxygen atoms in total. The maximum atomic E-state index is 13.3. The molecule has 1 amide bonds. The van der Waals surface area contributed by atoms with Gasteiger partial charge in [-0.1, -0.05) is 103 Å². The minimum atomic E-state index is -0.426. The summed E-state index contributed by atoms with van der Waals surface area (Å²) in [6.07, 6.45) is 1.23. The van der Waals surface area contributed by atoms with Crippen molar-refractivity contribution < 1.29 is 4.79 Å². The first kappa shape index (κ1) is 25.5. The summed E-state index contributed by atoms with van der Waals surface area (Å²) in [7, 11) is 1.72. The van der Waals surface area contributed by atoms with Crippen LogP contribution in [-0.4, -0.2) is 20.7 Å². The summed E-state index contributed by atoms with van der Waals surface area (Å²) in [5.41, 5.74) is 4.57. The van der Waals surface area contributed by atoms with E-state index in [0.29, 0.717) is 29.3 Å². The van der Waals surface area contributed by atoms with Crippen LogP contribution in [0.2, 0.25) is 0 Å². The average Bonchev–Trinajstić information content (AvgIpc) is 2.91. The Morgan fingerprint density at radius 3 is 2.08 bits per heavy atom. The minimum absolute atomic E-state index is 0.0762. The largest absolute Gasteiger partial charge is 0.348 e. The van der Waals surface area contributed by atoms with E-state index in [0.717, 1.165) is 16.7 Å². The summed E-state index contributed by atoms with van der Waals surface area (Å²) in [5, 5.41) is 3.33. The highest BCUT2D eigenvalue weighted by molar-refractivity contribution is 8.00. The Hall–Kier alpha value is -3.64. The fourth-order valence-corrected chi connectivity index (χ4v) is 5.05. The van der Waals surface area contributed by atoms with Crippen molar-refractivity contribution in [2.75, 3.05) is 0 Å². The zero-order valence-corrected chi connectivity index (χ0v) is 21.7. The molecule has 1 aromatic heterocycles. The van der Waals surface area contributed by atoms with E-state index in [4.69, 9.17) is 4.98 Å². The first-order valence-corrected chi connectivity index (χ1v) is 13.0. The van der Waals surface area contributed by atoms with Crippen molar-refractivity contribution in [1.29, 1.82) is 0 Å². The van der Waals surface area contributed by atoms with Crippen molar-refractivity contribution >= 4 is 17.7 Å². The van der Waals surface area contributed by atoms with E-state index in [1.807, 2.05) is 92.7 Å². The molecule has 1 N–H and O–H groups in total. The predicted octanol–water partition coefficient (Wildman–Crippen LogP) is 5.26. The summed E-state index contributed by atoms with van der Waals surface area (Å²) in [4.78, 5) is 31.1. The molecule has 0 bridgehead atoms. The van der Waals surface area contributed by atoms with E-state index in [1.165, 1.54) is 11.8 Å². The van der Waals surface area contributed by atoms with Crippen LogP contribution in [0, 0.1) is 6.92 Å². The minimum Gasteiger partial charge on any atom is -0.348 e. The molecular weight excluding hydrogens is 466 g/mol. The van der Waals surface area contributed by atoms with Gasteiger partial charge in [0.05, 0.1) is 11.3 Å². The van der Waals surface area contributed by atoms with Gasteiger partial charge in [0.1, 0.15) is 0 Å². The third-order valence-corrected chi connectivity index (χ3v) is 7.37. The highest BCUT2D eigenvalue weighted by atomic mass is 32.2. The lowest BCUT2D eigenvalue weighted by Crippen LogP contribution is -2.36. The summed E-state index contributed by atoms with van der Waals surface area (Å²) in [6, 6.07) is 29.9. The predicted molar refractivity (Wildman–Crippen MR) is 146 cm³/mol. The lowest BCUT2D eigenvalue weighted by molar-refractivity contribution is -0.121. The van der Waals surface area contributed by atoms with Crippen LogP contribution in [0.25, 0.3) is 0 Å². The molecular formula is C30H31N3O2S. The van der Waals surface area contributed by atoms with Gasteiger partial charge >= 0.3 is 0 Å². The number of nitrogens with zero attached hydrogens (tertiary/aromatic N) is 2. The van der Waals surface area contributed by atoms with Crippen LogP contribution >= 0.6 is 11.8 Å². The fourth-order valence-electron chi connectivity index (χ4n) is 4.13. The molecule has 36 heavy (non-hydrogen) atoms. The third-order valence-electron chi connectivity index (χ3n) is 6.23. The second-order valence-electron chi connectivity index (χ2n) is 8.91. The van der Waals surface area contributed by atoms with Crippen LogP contribution in [0.4, 0.5) is 0 Å². The molecule has 0 aliphatic carbocycles. The van der Waals surface area contributed by atoms with E-state index in [1.54, 1.807) is 11.6 Å². The Labute approximate surface area is 216 Å². The Balaban J connectivity index is 1.50. The number of rotatable bonds is 9. The maximum absolute atomic E-state index is 13.3. The molecule has 2 atom stereocenters. The number of hydrogen-bond acceptors (Lipinski definition) is 4. The molecule has 2 unspecified atom stereocenters. The van der Waals surface area contributed by atoms with Gasteiger partial charge in [-0.25, -0.2) is 4.98 Å². The molecule has 0 aliphatic rings. The van der Waals surface area contributed by atoms with Crippen molar-refractivity contribution in [2.45, 2.75) is 43.1 Å². The molecule has 1 heterocycles. The third kappa shape index (κ3) is 6.32. The second kappa shape index (κ2) is 11.9. The lowest BCUT2D eigenvalue weighted by atomic mass is 9.99. The number of amides is 1. The molecule has 4 rings (SSSR count). The van der Waals surface area contributed by atoms with Crippen LogP contribution in [0.3, 0.4) is 0 Å². The van der Waals surface area contributed by atoms with Crippen molar-refractivity contribution in [3.63, 3.8) is 0 Å². The molecule has 0 fully saturated rings. The molecule has 0 saturated heterocycles. The maximum Gasteiger partial charge on any atom is 0.257 e. The monoisotopic (exact) mass is 497 g/mol. The topological polar surface area (TPSA) is 64.0 Å². The lowest BCUT2D eigenvalue weighted by Gasteiger charge is -2.22. The van der Waals surface area contributed by atoms with Gasteiger partial charge in [0.2, 0.25) is 5.91 Å². The van der Waals surface area contributed by atoms with Gasteiger partial charge in [-0.3, -0.25) is 14.2 Å². The van der Waals surface area contributed by atoms with Gasteiger partial charge in [0.25, 0.3) is 5.56 Å². The van der Waals surface area contributed by atoms with Crippen molar-refractivity contribution in [1.82, 2.24) is 14.9 Å². The molecule has 3 aromatic carbocycles. The standard InChI is InChI=1S/C30H31N3O2S/c1-21-26(19-23-13-7-4-8-14-23)29(35)33(3)30(31-21)36-22(2)28(34)32-27(25-17-11-6-12-18-25)20-24-15-9-5-10-16-24/h4-18,22,27H,19-20H2,1-3H3,(H,32,34). The number of aryl methyl sites for hydroxylation is 1. The normalized spacial score (nSPS) is 12.6. The molecule has 0 radical (unpaired) electrons. The zero-order chi connectivity index (χ0) is 25.5. The average molecular weight is 498 g/mol. The van der Waals surface area contributed by atoms with Crippen molar-refractivity contribution in [3.8, 4) is 0 Å². The summed E-state index contributed by atoms with van der Waals surface area (Å²) < 4.78 is 1.55. The van der Waals surface area contributed by atoms with Crippen molar-refractivity contribution in [2.24, 2.45) is 7.05 Å². The highest BCUT2D eigenvalue weighted by Crippen LogP contribution is 2.24. The first-order chi connectivity index (χ1) is 17.4. The number of carbonyl (C=O) groups excluding carboxylic acids is 1. The number of benzene rings is 3. The molecule has 4 aromatic rings. The number of nitrogens with one attached hydrogen (secondary N) is 1. The van der Waals surface area contributed by atoms with E-state index in [-0.39, 0.29) is 17.5 Å². The summed E-state index contributed by atoms with van der Waals surface area (Å²) in [6.45, 7) is 3.71. The van der Waals surface area contributed by atoms with Crippen molar-refractivity contribution in [3.05, 3.63) is 129 Å².